The van der Waals surface area contributed by atoms with Crippen LogP contribution in [0.3, 0.4) is 0 Å². The number of nitrogens with one attached hydrogen (secondary N) is 1. The van der Waals surface area contributed by atoms with Gasteiger partial charge in [0.15, 0.2) is 0 Å². The predicted molar refractivity (Wildman–Crippen MR) is 106 cm³/mol. The third kappa shape index (κ3) is 5.22. The van der Waals surface area contributed by atoms with Crippen LogP contribution in [-0.2, 0) is 11.2 Å². The zero-order chi connectivity index (χ0) is 19.6. The molecule has 0 amide bonds. The van der Waals surface area contributed by atoms with Gasteiger partial charge in [0.25, 0.3) is 0 Å². The number of imidazole rings is 1. The van der Waals surface area contributed by atoms with E-state index in [1.165, 1.54) is 0 Å². The molecule has 0 spiro atoms. The van der Waals surface area contributed by atoms with Gasteiger partial charge in [-0.15, -0.1) is 0 Å². The first-order chi connectivity index (χ1) is 12.7. The quantitative estimate of drug-likeness (QED) is 0.809. The number of piperidine rings is 1. The second kappa shape index (κ2) is 7.89. The average Bonchev–Trinajstić information content (AvgIpc) is 2.96. The molecule has 27 heavy (non-hydrogen) atoms. The molecule has 1 aliphatic heterocycles. The number of methoxy groups -OCH3 is 1. The molecule has 1 aromatic carbocycles. The van der Waals surface area contributed by atoms with Gasteiger partial charge >= 0.3 is 5.97 Å². The van der Waals surface area contributed by atoms with Crippen LogP contribution < -0.4 is 4.74 Å². The molecule has 0 radical (unpaired) electrons. The third-order valence-electron chi connectivity index (χ3n) is 5.30. The summed E-state index contributed by atoms with van der Waals surface area (Å²) < 4.78 is 5.28. The summed E-state index contributed by atoms with van der Waals surface area (Å²) in [5.41, 5.74) is 2.12. The second-order valence-corrected chi connectivity index (χ2v) is 8.97. The van der Waals surface area contributed by atoms with Crippen LogP contribution in [0.1, 0.15) is 39.4 Å². The molecular weight excluding hydrogens is 342 g/mol. The second-order valence-electron chi connectivity index (χ2n) is 8.97. The van der Waals surface area contributed by atoms with E-state index < -0.39 is 5.97 Å². The van der Waals surface area contributed by atoms with Gasteiger partial charge in [0, 0.05) is 32.0 Å². The molecule has 1 fully saturated rings. The van der Waals surface area contributed by atoms with Crippen molar-refractivity contribution in [2.45, 2.75) is 40.0 Å². The number of rotatable bonds is 6. The largest absolute Gasteiger partial charge is 0.497 e. The molecule has 3 rings (SSSR count). The molecule has 148 valence electrons. The molecule has 0 aliphatic carbocycles. The van der Waals surface area contributed by atoms with Crippen LogP contribution in [0.5, 0.6) is 5.75 Å². The fourth-order valence-corrected chi connectivity index (χ4v) is 4.21. The number of H-pyrrole nitrogens is 1. The van der Waals surface area contributed by atoms with Gasteiger partial charge in [-0.1, -0.05) is 20.8 Å². The lowest BCUT2D eigenvalue weighted by molar-refractivity contribution is -0.139. The molecule has 2 atom stereocenters. The topological polar surface area (TPSA) is 78.4 Å². The number of aromatic nitrogens is 2. The third-order valence-corrected chi connectivity index (χ3v) is 5.30. The monoisotopic (exact) mass is 373 g/mol. The average molecular weight is 373 g/mol. The molecule has 6 heteroatoms. The van der Waals surface area contributed by atoms with Crippen LogP contribution in [0.15, 0.2) is 18.2 Å². The number of likely N-dealkylation sites (tertiary alicyclic amines) is 1. The highest BCUT2D eigenvalue weighted by Gasteiger charge is 2.32. The number of fused-ring (bicyclic) bond motifs is 1. The summed E-state index contributed by atoms with van der Waals surface area (Å²) in [7, 11) is 1.65. The molecule has 1 aliphatic rings. The standard InChI is InChI=1S/C21H31N3O3/c1-21(2,3)13-24-8-7-14(10-20(25)26)15(12-24)9-19-22-17-6-5-16(27-4)11-18(17)23-19/h5-6,11,14-15H,7-10,12-13H2,1-4H3,(H,22,23)(H,25,26)/t14-,15-/m0/s1. The molecule has 2 N–H and O–H groups in total. The molecular formula is C21H31N3O3. The van der Waals surface area contributed by atoms with E-state index in [1.54, 1.807) is 7.11 Å². The van der Waals surface area contributed by atoms with Crippen LogP contribution in [0.2, 0.25) is 0 Å². The summed E-state index contributed by atoms with van der Waals surface area (Å²) in [6, 6.07) is 5.81. The Balaban J connectivity index is 1.77. The Hall–Kier alpha value is -2.08. The Labute approximate surface area is 160 Å². The van der Waals surface area contributed by atoms with Crippen LogP contribution in [0.25, 0.3) is 11.0 Å². The minimum absolute atomic E-state index is 0.196. The minimum atomic E-state index is -0.705. The van der Waals surface area contributed by atoms with Gasteiger partial charge < -0.3 is 19.7 Å². The molecule has 0 bridgehead atoms. The summed E-state index contributed by atoms with van der Waals surface area (Å²) in [4.78, 5) is 21.9. The Morgan fingerprint density at radius 3 is 2.81 bits per heavy atom. The molecule has 2 aromatic rings. The van der Waals surface area contributed by atoms with Crippen molar-refractivity contribution in [1.29, 1.82) is 0 Å². The molecule has 1 saturated heterocycles. The molecule has 2 heterocycles. The van der Waals surface area contributed by atoms with E-state index in [0.29, 0.717) is 5.92 Å². The van der Waals surface area contributed by atoms with Crippen molar-refractivity contribution < 1.29 is 14.6 Å². The van der Waals surface area contributed by atoms with Crippen molar-refractivity contribution in [3.8, 4) is 5.75 Å². The first-order valence-corrected chi connectivity index (χ1v) is 9.70. The van der Waals surface area contributed by atoms with E-state index in [9.17, 15) is 9.90 Å². The molecule has 6 nitrogen and oxygen atoms in total. The van der Waals surface area contributed by atoms with Gasteiger partial charge in [0.05, 0.1) is 18.1 Å². The predicted octanol–water partition coefficient (Wildman–Crippen LogP) is 3.57. The number of carboxylic acid groups (broad SMARTS) is 1. The Morgan fingerprint density at radius 1 is 1.37 bits per heavy atom. The van der Waals surface area contributed by atoms with Gasteiger partial charge in [-0.05, 0) is 42.3 Å². The Bertz CT molecular complexity index is 794. The maximum atomic E-state index is 11.3. The number of hydrogen-bond acceptors (Lipinski definition) is 4. The minimum Gasteiger partial charge on any atom is -0.497 e. The van der Waals surface area contributed by atoms with Crippen molar-refractivity contribution in [3.05, 3.63) is 24.0 Å². The molecule has 0 saturated carbocycles. The van der Waals surface area contributed by atoms with Crippen LogP contribution in [0.4, 0.5) is 0 Å². The van der Waals surface area contributed by atoms with Gasteiger partial charge in [-0.2, -0.15) is 0 Å². The van der Waals surface area contributed by atoms with E-state index in [4.69, 9.17) is 9.72 Å². The van der Waals surface area contributed by atoms with Crippen molar-refractivity contribution in [2.75, 3.05) is 26.7 Å². The summed E-state index contributed by atoms with van der Waals surface area (Å²) in [6.45, 7) is 9.67. The maximum Gasteiger partial charge on any atom is 0.303 e. The lowest BCUT2D eigenvalue weighted by Gasteiger charge is -2.40. The van der Waals surface area contributed by atoms with Gasteiger partial charge in [-0.25, -0.2) is 4.98 Å². The normalized spacial score (nSPS) is 21.5. The SMILES string of the molecule is COc1ccc2nc(C[C@H]3CN(CC(C)(C)C)CC[C@H]3CC(=O)O)[nH]c2c1. The maximum absolute atomic E-state index is 11.3. The van der Waals surface area contributed by atoms with E-state index >= 15 is 0 Å². The highest BCUT2D eigenvalue weighted by Crippen LogP contribution is 2.31. The summed E-state index contributed by atoms with van der Waals surface area (Å²) in [6.07, 6.45) is 1.94. The van der Waals surface area contributed by atoms with Crippen LogP contribution >= 0.6 is 0 Å². The summed E-state index contributed by atoms with van der Waals surface area (Å²) in [5, 5.41) is 9.32. The van der Waals surface area contributed by atoms with Crippen LogP contribution in [-0.4, -0.2) is 52.7 Å². The zero-order valence-corrected chi connectivity index (χ0v) is 16.8. The van der Waals surface area contributed by atoms with Crippen molar-refractivity contribution in [3.63, 3.8) is 0 Å². The number of hydrogen-bond donors (Lipinski definition) is 2. The number of ether oxygens (including phenoxy) is 1. The number of nitrogens with zero attached hydrogens (tertiary/aromatic N) is 2. The Kier molecular flexibility index (Phi) is 5.75. The number of aliphatic carboxylic acids is 1. The van der Waals surface area contributed by atoms with Crippen molar-refractivity contribution in [1.82, 2.24) is 14.9 Å². The number of benzene rings is 1. The van der Waals surface area contributed by atoms with Gasteiger partial charge in [-0.3, -0.25) is 4.79 Å². The highest BCUT2D eigenvalue weighted by atomic mass is 16.5. The number of carbonyl (C=O) groups is 1. The van der Waals surface area contributed by atoms with E-state index in [2.05, 4.69) is 30.7 Å². The van der Waals surface area contributed by atoms with Crippen molar-refractivity contribution >= 4 is 17.0 Å². The first-order valence-electron chi connectivity index (χ1n) is 9.70. The van der Waals surface area contributed by atoms with Crippen LogP contribution in [0, 0.1) is 17.3 Å². The van der Waals surface area contributed by atoms with E-state index in [-0.39, 0.29) is 17.8 Å². The lowest BCUT2D eigenvalue weighted by atomic mass is 9.80. The summed E-state index contributed by atoms with van der Waals surface area (Å²) in [5.74, 6) is 1.51. The van der Waals surface area contributed by atoms with E-state index in [1.807, 2.05) is 18.2 Å². The fraction of sp³-hybridized carbons (Fsp3) is 0.619. The highest BCUT2D eigenvalue weighted by molar-refractivity contribution is 5.76. The zero-order valence-electron chi connectivity index (χ0n) is 16.8. The Morgan fingerprint density at radius 2 is 2.15 bits per heavy atom. The molecule has 0 unspecified atom stereocenters. The lowest BCUT2D eigenvalue weighted by Crippen LogP contribution is -2.45. The van der Waals surface area contributed by atoms with Crippen molar-refractivity contribution in [2.24, 2.45) is 17.3 Å². The smallest absolute Gasteiger partial charge is 0.303 e. The first kappa shape index (κ1) is 19.7. The molecule has 1 aromatic heterocycles. The van der Waals surface area contributed by atoms with E-state index in [0.717, 1.165) is 55.1 Å². The number of carboxylic acids is 1. The van der Waals surface area contributed by atoms with Gasteiger partial charge in [0.2, 0.25) is 0 Å². The van der Waals surface area contributed by atoms with Gasteiger partial charge in [0.1, 0.15) is 11.6 Å². The number of aromatic amines is 1. The fourth-order valence-electron chi connectivity index (χ4n) is 4.21. The summed E-state index contributed by atoms with van der Waals surface area (Å²) >= 11 is 0.